The quantitative estimate of drug-likeness (QED) is 0.308. The monoisotopic (exact) mass is 506 g/mol. The predicted molar refractivity (Wildman–Crippen MR) is 147 cm³/mol. The molecule has 1 aromatic heterocycles. The summed E-state index contributed by atoms with van der Waals surface area (Å²) in [5.74, 6) is -0.195. The molecule has 0 spiro atoms. The number of anilines is 3. The topological polar surface area (TPSA) is 98.4 Å². The van der Waals surface area contributed by atoms with Crippen LogP contribution in [-0.4, -0.2) is 42.5 Å². The fraction of sp³-hybridized carbons (Fsp3) is 0.370. The molecule has 2 aromatic carbocycles. The van der Waals surface area contributed by atoms with Crippen molar-refractivity contribution in [3.05, 3.63) is 70.2 Å². The lowest BCUT2D eigenvalue weighted by Crippen LogP contribution is -2.32. The van der Waals surface area contributed by atoms with Crippen LogP contribution in [0.5, 0.6) is 0 Å². The van der Waals surface area contributed by atoms with E-state index in [1.54, 1.807) is 17.4 Å². The van der Waals surface area contributed by atoms with Gasteiger partial charge in [-0.05, 0) is 49.4 Å². The van der Waals surface area contributed by atoms with Crippen LogP contribution in [0.15, 0.2) is 48.5 Å². The van der Waals surface area contributed by atoms with Crippen molar-refractivity contribution in [3.8, 4) is 0 Å². The summed E-state index contributed by atoms with van der Waals surface area (Å²) in [5, 5.41) is 12.7. The van der Waals surface area contributed by atoms with E-state index in [0.717, 1.165) is 55.7 Å². The van der Waals surface area contributed by atoms with E-state index in [4.69, 9.17) is 0 Å². The van der Waals surface area contributed by atoms with Gasteiger partial charge in [0.2, 0.25) is 0 Å². The number of urea groups is 1. The average Bonchev–Trinajstić information content (AvgIpc) is 3.27. The van der Waals surface area contributed by atoms with Crippen LogP contribution < -0.4 is 21.3 Å². The fourth-order valence-electron chi connectivity index (χ4n) is 4.25. The van der Waals surface area contributed by atoms with E-state index in [-0.39, 0.29) is 18.0 Å². The molecule has 0 saturated heterocycles. The van der Waals surface area contributed by atoms with E-state index in [1.165, 1.54) is 4.88 Å². The van der Waals surface area contributed by atoms with Gasteiger partial charge in [0.15, 0.2) is 5.13 Å². The third kappa shape index (κ3) is 6.61. The summed E-state index contributed by atoms with van der Waals surface area (Å²) in [7, 11) is 3.93. The molecule has 190 valence electrons. The Hall–Kier alpha value is -3.43. The maximum atomic E-state index is 13.0. The van der Waals surface area contributed by atoms with Crippen molar-refractivity contribution < 1.29 is 9.59 Å². The Morgan fingerprint density at radius 3 is 2.72 bits per heavy atom. The predicted octanol–water partition coefficient (Wildman–Crippen LogP) is 5.48. The number of carbonyl (C=O) groups excluding carboxylic acids is 2. The van der Waals surface area contributed by atoms with Gasteiger partial charge in [-0.25, -0.2) is 9.78 Å². The molecule has 1 aliphatic rings. The molecule has 3 aromatic rings. The Morgan fingerprint density at radius 1 is 1.11 bits per heavy atom. The number of carbonyl (C=O) groups is 2. The molecule has 2 heterocycles. The Labute approximate surface area is 216 Å². The highest BCUT2D eigenvalue weighted by Crippen LogP contribution is 2.28. The van der Waals surface area contributed by atoms with Crippen molar-refractivity contribution in [2.24, 2.45) is 0 Å². The van der Waals surface area contributed by atoms with Crippen molar-refractivity contribution in [2.45, 2.75) is 45.2 Å². The Balaban J connectivity index is 1.45. The molecule has 0 bridgehead atoms. The third-order valence-corrected chi connectivity index (χ3v) is 7.25. The van der Waals surface area contributed by atoms with E-state index < -0.39 is 0 Å². The van der Waals surface area contributed by atoms with E-state index in [0.29, 0.717) is 16.4 Å². The number of thiazole rings is 1. The van der Waals surface area contributed by atoms with E-state index in [9.17, 15) is 9.59 Å². The van der Waals surface area contributed by atoms with Crippen LogP contribution in [0.4, 0.5) is 21.3 Å². The summed E-state index contributed by atoms with van der Waals surface area (Å²) < 4.78 is 0. The second-order valence-electron chi connectivity index (χ2n) is 9.08. The normalized spacial score (nSPS) is 14.0. The van der Waals surface area contributed by atoms with Gasteiger partial charge in [-0.15, -0.1) is 11.3 Å². The number of hydrogen-bond acceptors (Lipinski definition) is 6. The summed E-state index contributed by atoms with van der Waals surface area (Å²) >= 11 is 1.54. The molecule has 1 atom stereocenters. The number of likely N-dealkylation sites (N-methyl/N-ethyl adjacent to an activating group) is 1. The minimum absolute atomic E-state index is 0.195. The summed E-state index contributed by atoms with van der Waals surface area (Å²) in [6.45, 7) is 3.97. The van der Waals surface area contributed by atoms with Gasteiger partial charge >= 0.3 is 6.03 Å². The molecule has 3 amide bonds. The van der Waals surface area contributed by atoms with Crippen LogP contribution in [-0.2, 0) is 13.0 Å². The Kier molecular flexibility index (Phi) is 8.56. The number of nitrogens with one attached hydrogen (secondary N) is 4. The van der Waals surface area contributed by atoms with Crippen molar-refractivity contribution in [1.29, 1.82) is 0 Å². The second-order valence-corrected chi connectivity index (χ2v) is 10.2. The fourth-order valence-corrected chi connectivity index (χ4v) is 5.33. The first-order valence-corrected chi connectivity index (χ1v) is 13.2. The lowest BCUT2D eigenvalue weighted by atomic mass is 9.99. The maximum absolute atomic E-state index is 13.0. The van der Waals surface area contributed by atoms with Gasteiger partial charge in [-0.2, -0.15) is 0 Å². The molecule has 9 heteroatoms. The Bertz CT molecular complexity index is 1210. The smallest absolute Gasteiger partial charge is 0.319 e. The van der Waals surface area contributed by atoms with Crippen molar-refractivity contribution in [3.63, 3.8) is 0 Å². The highest BCUT2D eigenvalue weighted by Gasteiger charge is 2.20. The first-order valence-electron chi connectivity index (χ1n) is 12.4. The van der Waals surface area contributed by atoms with Crippen molar-refractivity contribution >= 4 is 39.8 Å². The maximum Gasteiger partial charge on any atom is 0.319 e. The molecule has 36 heavy (non-hydrogen) atoms. The van der Waals surface area contributed by atoms with Crippen LogP contribution in [0.2, 0.25) is 0 Å². The summed E-state index contributed by atoms with van der Waals surface area (Å²) in [6.07, 6.45) is 3.64. The SMILES string of the molecule is CCCC[C@@H](NC(=O)Nc1cccc(NC)c1)c1cccc(C(=O)Nc2nc3c(s2)CN(C)CC3)c1. The highest BCUT2D eigenvalue weighted by atomic mass is 32.1. The minimum Gasteiger partial charge on any atom is -0.388 e. The van der Waals surface area contributed by atoms with Crippen LogP contribution >= 0.6 is 11.3 Å². The van der Waals surface area contributed by atoms with Gasteiger partial charge in [0, 0.05) is 48.4 Å². The van der Waals surface area contributed by atoms with Crippen LogP contribution in [0, 0.1) is 0 Å². The molecular weight excluding hydrogens is 472 g/mol. The largest absolute Gasteiger partial charge is 0.388 e. The lowest BCUT2D eigenvalue weighted by molar-refractivity contribution is 0.102. The summed E-state index contributed by atoms with van der Waals surface area (Å²) in [5.41, 5.74) is 4.15. The van der Waals surface area contributed by atoms with Gasteiger partial charge in [0.1, 0.15) is 0 Å². The molecule has 0 saturated carbocycles. The second kappa shape index (κ2) is 12.0. The number of nitrogens with zero attached hydrogens (tertiary/aromatic N) is 2. The number of amides is 3. The van der Waals surface area contributed by atoms with Gasteiger partial charge in [-0.1, -0.05) is 38.0 Å². The van der Waals surface area contributed by atoms with Crippen LogP contribution in [0.1, 0.15) is 58.7 Å². The number of benzene rings is 2. The summed E-state index contributed by atoms with van der Waals surface area (Å²) in [4.78, 5) is 33.9. The molecular formula is C27H34N6O2S. The number of rotatable bonds is 9. The number of hydrogen-bond donors (Lipinski definition) is 4. The zero-order valence-electron chi connectivity index (χ0n) is 21.1. The molecule has 0 aliphatic carbocycles. The van der Waals surface area contributed by atoms with Crippen molar-refractivity contribution in [2.75, 3.05) is 36.6 Å². The molecule has 4 rings (SSSR count). The third-order valence-electron chi connectivity index (χ3n) is 6.25. The van der Waals surface area contributed by atoms with Gasteiger partial charge in [0.05, 0.1) is 11.7 Å². The molecule has 0 unspecified atom stereocenters. The minimum atomic E-state index is -0.280. The lowest BCUT2D eigenvalue weighted by Gasteiger charge is -2.20. The molecule has 1 aliphatic heterocycles. The number of aromatic nitrogens is 1. The highest BCUT2D eigenvalue weighted by molar-refractivity contribution is 7.15. The van der Waals surface area contributed by atoms with E-state index >= 15 is 0 Å². The first kappa shape index (κ1) is 25.7. The van der Waals surface area contributed by atoms with E-state index in [2.05, 4.69) is 45.1 Å². The van der Waals surface area contributed by atoms with E-state index in [1.807, 2.05) is 49.5 Å². The Morgan fingerprint density at radius 2 is 1.92 bits per heavy atom. The van der Waals surface area contributed by atoms with Gasteiger partial charge < -0.3 is 20.9 Å². The van der Waals surface area contributed by atoms with Crippen LogP contribution in [0.3, 0.4) is 0 Å². The zero-order chi connectivity index (χ0) is 25.5. The molecule has 4 N–H and O–H groups in total. The number of fused-ring (bicyclic) bond motifs is 1. The van der Waals surface area contributed by atoms with Gasteiger partial charge in [0.25, 0.3) is 5.91 Å². The number of unbranched alkanes of at least 4 members (excludes halogenated alkanes) is 1. The zero-order valence-corrected chi connectivity index (χ0v) is 21.9. The average molecular weight is 507 g/mol. The van der Waals surface area contributed by atoms with Gasteiger partial charge in [-0.3, -0.25) is 10.1 Å². The molecule has 8 nitrogen and oxygen atoms in total. The molecule has 0 fully saturated rings. The first-order chi connectivity index (χ1) is 17.4. The standard InChI is InChI=1S/C27H34N6O2S/c1-4-5-12-22(30-26(35)29-21-11-7-10-20(16-21)28-2)18-8-6-9-19(15-18)25(34)32-27-31-23-13-14-33(3)17-24(23)36-27/h6-11,15-16,22,28H,4-5,12-14,17H2,1-3H3,(H2,29,30,35)(H,31,32,34)/t22-/m1/s1. The molecule has 0 radical (unpaired) electrons. The summed E-state index contributed by atoms with van der Waals surface area (Å²) in [6, 6.07) is 14.5. The van der Waals surface area contributed by atoms with Crippen LogP contribution in [0.25, 0.3) is 0 Å². The van der Waals surface area contributed by atoms with Crippen molar-refractivity contribution in [1.82, 2.24) is 15.2 Å².